The molecule has 2 fully saturated rings. The number of anilines is 1. The average molecular weight is 533 g/mol. The molecule has 0 saturated carbocycles. The second-order valence-corrected chi connectivity index (χ2v) is 9.15. The number of rotatable bonds is 5. The third-order valence-electron chi connectivity index (χ3n) is 7.07. The number of aryl methyl sites for hydroxylation is 1. The van der Waals surface area contributed by atoms with Gasteiger partial charge in [0.25, 0.3) is 0 Å². The van der Waals surface area contributed by atoms with Crippen molar-refractivity contribution in [3.05, 3.63) is 66.0 Å². The third-order valence-corrected chi connectivity index (χ3v) is 7.07. The van der Waals surface area contributed by atoms with Crippen molar-refractivity contribution >= 4 is 47.4 Å². The Kier molecular flexibility index (Phi) is 9.87. The topological polar surface area (TPSA) is 90.6 Å². The normalized spacial score (nSPS) is 19.3. The van der Waals surface area contributed by atoms with Crippen LogP contribution in [-0.2, 0) is 4.79 Å². The maximum absolute atomic E-state index is 13.7. The van der Waals surface area contributed by atoms with Crippen LogP contribution in [0, 0.1) is 6.92 Å². The summed E-state index contributed by atoms with van der Waals surface area (Å²) in [5, 5.41) is 4.57. The molecule has 10 heteroatoms. The van der Waals surface area contributed by atoms with Crippen LogP contribution in [0.15, 0.2) is 54.9 Å². The van der Waals surface area contributed by atoms with Crippen LogP contribution in [0.25, 0.3) is 10.9 Å². The summed E-state index contributed by atoms with van der Waals surface area (Å²) in [4.78, 5) is 29.5. The number of fused-ring (bicyclic) bond motifs is 1. The number of para-hydroxylation sites is 1. The number of amides is 1. The molecule has 3 aromatic rings. The Morgan fingerprint density at radius 2 is 1.75 bits per heavy atom. The van der Waals surface area contributed by atoms with E-state index in [2.05, 4.69) is 50.2 Å². The van der Waals surface area contributed by atoms with E-state index in [0.717, 1.165) is 61.6 Å². The van der Waals surface area contributed by atoms with Gasteiger partial charge in [0.1, 0.15) is 12.1 Å². The molecular weight excluding hydrogens is 497 g/mol. The molecule has 36 heavy (non-hydrogen) atoms. The van der Waals surface area contributed by atoms with Gasteiger partial charge >= 0.3 is 0 Å². The molecule has 3 N–H and O–H groups in total. The maximum Gasteiger partial charge on any atom is 0.232 e. The summed E-state index contributed by atoms with van der Waals surface area (Å²) in [6, 6.07) is 16.3. The first-order valence-corrected chi connectivity index (χ1v) is 12.1. The lowest BCUT2D eigenvalue weighted by molar-refractivity contribution is -0.140. The van der Waals surface area contributed by atoms with E-state index in [-0.39, 0.29) is 42.8 Å². The number of nitrogens with two attached hydrogens (primary N) is 1. The van der Waals surface area contributed by atoms with Crippen LogP contribution in [-0.4, -0.2) is 84.2 Å². The molecule has 0 spiro atoms. The van der Waals surface area contributed by atoms with E-state index in [9.17, 15) is 4.79 Å². The minimum atomic E-state index is -0.310. The molecule has 1 amide bonds. The fraction of sp³-hybridized carbons (Fsp3) is 0.423. The Hall–Kier alpha value is -2.49. The molecular formula is C26H35Cl2N7O. The number of carbonyl (C=O) groups is 1. The number of hydrogen-bond acceptors (Lipinski definition) is 7. The first kappa shape index (κ1) is 28.1. The minimum Gasteiger partial charge on any atom is -0.353 e. The maximum atomic E-state index is 13.7. The predicted octanol–water partition coefficient (Wildman–Crippen LogP) is 2.40. The lowest BCUT2D eigenvalue weighted by atomic mass is 9.96. The molecule has 2 aliphatic heterocycles. The SMILES string of the molecule is Cc1ccc(C(CN)C(=O)N2CCNCC2N2CCN(c3ncnc4ccccc34)CC2)cc1.Cl.Cl. The van der Waals surface area contributed by atoms with Gasteiger partial charge in [0.2, 0.25) is 5.91 Å². The van der Waals surface area contributed by atoms with Gasteiger partial charge in [0, 0.05) is 57.7 Å². The van der Waals surface area contributed by atoms with Crippen LogP contribution in [0.5, 0.6) is 0 Å². The van der Waals surface area contributed by atoms with Crippen LogP contribution in [0.4, 0.5) is 5.82 Å². The first-order chi connectivity index (χ1) is 16.7. The van der Waals surface area contributed by atoms with E-state index in [1.54, 1.807) is 6.33 Å². The zero-order chi connectivity index (χ0) is 23.5. The monoisotopic (exact) mass is 531 g/mol. The molecule has 3 heterocycles. The van der Waals surface area contributed by atoms with Gasteiger partial charge in [0.05, 0.1) is 17.6 Å². The predicted molar refractivity (Wildman–Crippen MR) is 149 cm³/mol. The third kappa shape index (κ3) is 5.74. The number of nitrogens with one attached hydrogen (secondary N) is 1. The van der Waals surface area contributed by atoms with Crippen molar-refractivity contribution in [3.63, 3.8) is 0 Å². The number of halogens is 2. The smallest absolute Gasteiger partial charge is 0.232 e. The molecule has 0 radical (unpaired) electrons. The molecule has 194 valence electrons. The van der Waals surface area contributed by atoms with Gasteiger partial charge in [-0.1, -0.05) is 42.0 Å². The van der Waals surface area contributed by atoms with Gasteiger partial charge in [-0.15, -0.1) is 24.8 Å². The molecule has 8 nitrogen and oxygen atoms in total. The molecule has 2 unspecified atom stereocenters. The van der Waals surface area contributed by atoms with Crippen molar-refractivity contribution in [2.24, 2.45) is 5.73 Å². The van der Waals surface area contributed by atoms with Crippen molar-refractivity contribution in [3.8, 4) is 0 Å². The second kappa shape index (κ2) is 12.7. The highest BCUT2D eigenvalue weighted by molar-refractivity contribution is 5.89. The number of nitrogens with zero attached hydrogens (tertiary/aromatic N) is 5. The van der Waals surface area contributed by atoms with Gasteiger partial charge in [0.15, 0.2) is 0 Å². The first-order valence-electron chi connectivity index (χ1n) is 12.1. The number of hydrogen-bond donors (Lipinski definition) is 2. The van der Waals surface area contributed by atoms with E-state index in [0.29, 0.717) is 13.1 Å². The van der Waals surface area contributed by atoms with Gasteiger partial charge in [-0.3, -0.25) is 9.69 Å². The van der Waals surface area contributed by atoms with Crippen molar-refractivity contribution in [2.45, 2.75) is 19.0 Å². The highest BCUT2D eigenvalue weighted by atomic mass is 35.5. The van der Waals surface area contributed by atoms with Crippen LogP contribution in [0.3, 0.4) is 0 Å². The Morgan fingerprint density at radius 1 is 1.03 bits per heavy atom. The van der Waals surface area contributed by atoms with Crippen molar-refractivity contribution in [1.29, 1.82) is 0 Å². The molecule has 0 bridgehead atoms. The molecule has 2 aromatic carbocycles. The molecule has 1 aromatic heterocycles. The Balaban J connectivity index is 0.00000180. The molecule has 5 rings (SSSR count). The quantitative estimate of drug-likeness (QED) is 0.522. The van der Waals surface area contributed by atoms with Gasteiger partial charge in [-0.25, -0.2) is 9.97 Å². The lowest BCUT2D eigenvalue weighted by Gasteiger charge is -2.47. The number of carbonyl (C=O) groups excluding carboxylic acids is 1. The van der Waals surface area contributed by atoms with E-state index in [1.165, 1.54) is 5.56 Å². The summed E-state index contributed by atoms with van der Waals surface area (Å²) in [6.45, 7) is 8.09. The van der Waals surface area contributed by atoms with Crippen molar-refractivity contribution in [1.82, 2.24) is 25.1 Å². The van der Waals surface area contributed by atoms with Crippen molar-refractivity contribution < 1.29 is 4.79 Å². The highest BCUT2D eigenvalue weighted by Gasteiger charge is 2.36. The summed E-state index contributed by atoms with van der Waals surface area (Å²) in [6.07, 6.45) is 1.68. The molecule has 2 aliphatic rings. The average Bonchev–Trinajstić information content (AvgIpc) is 2.90. The summed E-state index contributed by atoms with van der Waals surface area (Å²) in [5.41, 5.74) is 9.25. The summed E-state index contributed by atoms with van der Waals surface area (Å²) in [7, 11) is 0. The minimum absolute atomic E-state index is 0. The van der Waals surface area contributed by atoms with Crippen LogP contribution in [0.1, 0.15) is 17.0 Å². The van der Waals surface area contributed by atoms with Crippen LogP contribution in [0.2, 0.25) is 0 Å². The Morgan fingerprint density at radius 3 is 2.47 bits per heavy atom. The lowest BCUT2D eigenvalue weighted by Crippen LogP contribution is -2.64. The van der Waals surface area contributed by atoms with Crippen molar-refractivity contribution in [2.75, 3.05) is 57.3 Å². The molecule has 0 aliphatic carbocycles. The standard InChI is InChI=1S/C26H33N7O.2ClH/c1-19-6-8-20(9-7-19)22(16-27)26(34)33-11-10-28-17-24(33)31-12-14-32(15-13-31)25-21-4-2-3-5-23(21)29-18-30-25;;/h2-9,18,22,24,28H,10-17,27H2,1H3;2*1H. The summed E-state index contributed by atoms with van der Waals surface area (Å²) < 4.78 is 0. The summed E-state index contributed by atoms with van der Waals surface area (Å²) >= 11 is 0. The molecule has 2 saturated heterocycles. The van der Waals surface area contributed by atoms with Crippen LogP contribution >= 0.6 is 24.8 Å². The summed E-state index contributed by atoms with van der Waals surface area (Å²) in [5.74, 6) is 0.805. The largest absolute Gasteiger partial charge is 0.353 e. The fourth-order valence-electron chi connectivity index (χ4n) is 5.13. The highest BCUT2D eigenvalue weighted by Crippen LogP contribution is 2.26. The zero-order valence-electron chi connectivity index (χ0n) is 20.5. The van der Waals surface area contributed by atoms with E-state index in [4.69, 9.17) is 5.73 Å². The van der Waals surface area contributed by atoms with E-state index >= 15 is 0 Å². The number of aromatic nitrogens is 2. The van der Waals surface area contributed by atoms with Gasteiger partial charge < -0.3 is 20.9 Å². The van der Waals surface area contributed by atoms with E-state index < -0.39 is 0 Å². The van der Waals surface area contributed by atoms with Gasteiger partial charge in [-0.05, 0) is 24.6 Å². The van der Waals surface area contributed by atoms with E-state index in [1.807, 2.05) is 35.2 Å². The number of piperazine rings is 2. The zero-order valence-corrected chi connectivity index (χ0v) is 22.2. The Bertz CT molecular complexity index is 1130. The molecule has 2 atom stereocenters. The van der Waals surface area contributed by atoms with Gasteiger partial charge in [-0.2, -0.15) is 0 Å². The van der Waals surface area contributed by atoms with Crippen LogP contribution < -0.4 is 16.0 Å². The Labute approximate surface area is 225 Å². The fourth-order valence-corrected chi connectivity index (χ4v) is 5.13. The number of benzene rings is 2. The second-order valence-electron chi connectivity index (χ2n) is 9.15.